The minimum atomic E-state index is -0.404. The second-order valence-corrected chi connectivity index (χ2v) is 6.29. The first kappa shape index (κ1) is 16.0. The van der Waals surface area contributed by atoms with Gasteiger partial charge in [-0.15, -0.1) is 0 Å². The smallest absolute Gasteiger partial charge is 0.273 e. The van der Waals surface area contributed by atoms with Crippen LogP contribution in [0.1, 0.15) is 27.2 Å². The first-order valence-corrected chi connectivity index (χ1v) is 8.21. The zero-order chi connectivity index (χ0) is 18.3. The topological polar surface area (TPSA) is 73.3 Å². The van der Waals surface area contributed by atoms with Crippen molar-refractivity contribution in [1.29, 1.82) is 0 Å². The lowest BCUT2D eigenvalue weighted by Gasteiger charge is -2.00. The number of aryl methyl sites for hydroxylation is 1. The van der Waals surface area contributed by atoms with Crippen LogP contribution in [0, 0.1) is 17.0 Å². The molecule has 26 heavy (non-hydrogen) atoms. The van der Waals surface area contributed by atoms with Crippen molar-refractivity contribution in [2.24, 2.45) is 0 Å². The Morgan fingerprint density at radius 3 is 2.69 bits per heavy atom. The third-order valence-electron chi connectivity index (χ3n) is 4.57. The number of rotatable bonds is 3. The van der Waals surface area contributed by atoms with Crippen molar-refractivity contribution >= 4 is 17.5 Å². The quantitative estimate of drug-likeness (QED) is 0.381. The van der Waals surface area contributed by atoms with Gasteiger partial charge in [-0.2, -0.15) is 0 Å². The number of Topliss-reactive ketones (excluding diaryl/α,β-unsaturated/α-hetero) is 1. The normalized spacial score (nSPS) is 14.7. The van der Waals surface area contributed by atoms with Crippen LogP contribution in [0.25, 0.3) is 17.4 Å². The third kappa shape index (κ3) is 2.73. The Labute approximate surface area is 149 Å². The number of carbonyl (C=O) groups is 1. The van der Waals surface area contributed by atoms with Crippen molar-refractivity contribution in [3.63, 3.8) is 0 Å². The summed E-state index contributed by atoms with van der Waals surface area (Å²) in [7, 11) is 0. The SMILES string of the molecule is Cc1ccc(-c2ccc(/C=C3\Cc4ccccc4C3=O)o2)cc1[N+](=O)[O-]. The first-order valence-electron chi connectivity index (χ1n) is 8.21. The molecule has 1 aliphatic rings. The van der Waals surface area contributed by atoms with Gasteiger partial charge in [0.2, 0.25) is 0 Å². The number of furan rings is 1. The van der Waals surface area contributed by atoms with Gasteiger partial charge >= 0.3 is 0 Å². The monoisotopic (exact) mass is 345 g/mol. The van der Waals surface area contributed by atoms with Crippen LogP contribution >= 0.6 is 0 Å². The summed E-state index contributed by atoms with van der Waals surface area (Å²) in [5.74, 6) is 1.10. The van der Waals surface area contributed by atoms with Gasteiger partial charge in [-0.25, -0.2) is 0 Å². The van der Waals surface area contributed by atoms with Gasteiger partial charge in [0.15, 0.2) is 5.78 Å². The Hall–Kier alpha value is -3.47. The Balaban J connectivity index is 1.65. The molecule has 0 fully saturated rings. The summed E-state index contributed by atoms with van der Waals surface area (Å²) in [6.45, 7) is 1.70. The van der Waals surface area contributed by atoms with Crippen LogP contribution in [0.5, 0.6) is 0 Å². The Bertz CT molecular complexity index is 1080. The maximum atomic E-state index is 12.5. The molecule has 0 unspecified atom stereocenters. The molecule has 0 spiro atoms. The van der Waals surface area contributed by atoms with Crippen LogP contribution in [-0.2, 0) is 6.42 Å². The van der Waals surface area contributed by atoms with Gasteiger partial charge in [0.05, 0.1) is 4.92 Å². The number of ketones is 1. The fraction of sp³-hybridized carbons (Fsp3) is 0.0952. The van der Waals surface area contributed by atoms with Crippen molar-refractivity contribution < 1.29 is 14.1 Å². The molecule has 4 rings (SSSR count). The van der Waals surface area contributed by atoms with Gasteiger partial charge in [-0.05, 0) is 30.7 Å². The molecule has 0 radical (unpaired) electrons. The number of fused-ring (bicyclic) bond motifs is 1. The van der Waals surface area contributed by atoms with Crippen LogP contribution in [0.2, 0.25) is 0 Å². The predicted molar refractivity (Wildman–Crippen MR) is 98.0 cm³/mol. The van der Waals surface area contributed by atoms with E-state index in [1.54, 1.807) is 37.3 Å². The van der Waals surface area contributed by atoms with Crippen LogP contribution < -0.4 is 0 Å². The summed E-state index contributed by atoms with van der Waals surface area (Å²) in [6, 6.07) is 16.1. The number of nitro benzene ring substituents is 1. The van der Waals surface area contributed by atoms with Gasteiger partial charge < -0.3 is 4.42 Å². The van der Waals surface area contributed by atoms with Gasteiger partial charge in [0, 0.05) is 34.8 Å². The van der Waals surface area contributed by atoms with Gasteiger partial charge in [-0.3, -0.25) is 14.9 Å². The average molecular weight is 345 g/mol. The molecule has 0 atom stereocenters. The average Bonchev–Trinajstić information content (AvgIpc) is 3.21. The van der Waals surface area contributed by atoms with E-state index in [1.165, 1.54) is 6.07 Å². The van der Waals surface area contributed by atoms with E-state index in [4.69, 9.17) is 4.42 Å². The van der Waals surface area contributed by atoms with Gasteiger partial charge in [-0.1, -0.05) is 36.4 Å². The zero-order valence-corrected chi connectivity index (χ0v) is 14.1. The van der Waals surface area contributed by atoms with Crippen molar-refractivity contribution in [1.82, 2.24) is 0 Å². The highest BCUT2D eigenvalue weighted by molar-refractivity contribution is 6.15. The molecule has 3 aromatic rings. The summed E-state index contributed by atoms with van der Waals surface area (Å²) < 4.78 is 5.80. The molecular weight excluding hydrogens is 330 g/mol. The molecule has 0 aliphatic heterocycles. The Morgan fingerprint density at radius 2 is 1.92 bits per heavy atom. The molecule has 0 saturated heterocycles. The molecule has 0 N–H and O–H groups in total. The zero-order valence-electron chi connectivity index (χ0n) is 14.1. The minimum absolute atomic E-state index is 0.0181. The molecule has 2 aromatic carbocycles. The molecule has 128 valence electrons. The van der Waals surface area contributed by atoms with E-state index >= 15 is 0 Å². The highest BCUT2D eigenvalue weighted by Gasteiger charge is 2.24. The number of allylic oxidation sites excluding steroid dienone is 1. The number of hydrogen-bond donors (Lipinski definition) is 0. The molecule has 5 nitrogen and oxygen atoms in total. The highest BCUT2D eigenvalue weighted by atomic mass is 16.6. The Kier molecular flexibility index (Phi) is 3.77. The van der Waals surface area contributed by atoms with E-state index in [1.807, 2.05) is 24.3 Å². The number of benzene rings is 2. The summed E-state index contributed by atoms with van der Waals surface area (Å²) >= 11 is 0. The lowest BCUT2D eigenvalue weighted by molar-refractivity contribution is -0.385. The van der Waals surface area contributed by atoms with E-state index in [0.717, 1.165) is 11.1 Å². The second kappa shape index (κ2) is 6.11. The predicted octanol–water partition coefficient (Wildman–Crippen LogP) is 4.99. The number of nitro groups is 1. The maximum absolute atomic E-state index is 12.5. The molecule has 0 amide bonds. The van der Waals surface area contributed by atoms with Crippen LogP contribution in [0.3, 0.4) is 0 Å². The standard InChI is InChI=1S/C21H15NO4/c1-13-6-7-15(12-19(13)22(24)25)20-9-8-17(26-20)11-16-10-14-4-2-3-5-18(14)21(16)23/h2-9,11-12H,10H2,1H3/b16-11+. The van der Waals surface area contributed by atoms with Gasteiger partial charge in [0.25, 0.3) is 5.69 Å². The molecule has 0 saturated carbocycles. The van der Waals surface area contributed by atoms with E-state index in [2.05, 4.69) is 0 Å². The summed E-state index contributed by atoms with van der Waals surface area (Å²) in [5, 5.41) is 11.1. The molecule has 1 aliphatic carbocycles. The lowest BCUT2D eigenvalue weighted by Crippen LogP contribution is -1.94. The largest absolute Gasteiger partial charge is 0.457 e. The fourth-order valence-corrected chi connectivity index (χ4v) is 3.19. The minimum Gasteiger partial charge on any atom is -0.457 e. The molecule has 0 bridgehead atoms. The fourth-order valence-electron chi connectivity index (χ4n) is 3.19. The molecule has 1 aromatic heterocycles. The second-order valence-electron chi connectivity index (χ2n) is 6.29. The van der Waals surface area contributed by atoms with E-state index < -0.39 is 4.92 Å². The molecule has 5 heteroatoms. The summed E-state index contributed by atoms with van der Waals surface area (Å²) in [5.41, 5.74) is 3.72. The van der Waals surface area contributed by atoms with Crippen LogP contribution in [-0.4, -0.2) is 10.7 Å². The van der Waals surface area contributed by atoms with E-state index in [9.17, 15) is 14.9 Å². The van der Waals surface area contributed by atoms with E-state index in [-0.39, 0.29) is 11.5 Å². The number of nitrogens with zero attached hydrogens (tertiary/aromatic N) is 1. The maximum Gasteiger partial charge on any atom is 0.273 e. The van der Waals surface area contributed by atoms with Crippen molar-refractivity contribution in [2.45, 2.75) is 13.3 Å². The summed E-state index contributed by atoms with van der Waals surface area (Å²) in [4.78, 5) is 23.2. The number of carbonyl (C=O) groups excluding carboxylic acids is 1. The van der Waals surface area contributed by atoms with Crippen LogP contribution in [0.4, 0.5) is 5.69 Å². The van der Waals surface area contributed by atoms with Crippen molar-refractivity contribution in [3.8, 4) is 11.3 Å². The highest BCUT2D eigenvalue weighted by Crippen LogP contribution is 2.31. The number of hydrogen-bond acceptors (Lipinski definition) is 4. The molecular formula is C21H15NO4. The molecule has 1 heterocycles. The van der Waals surface area contributed by atoms with E-state index in [0.29, 0.717) is 34.6 Å². The van der Waals surface area contributed by atoms with Crippen molar-refractivity contribution in [2.75, 3.05) is 0 Å². The third-order valence-corrected chi connectivity index (χ3v) is 4.57. The Morgan fingerprint density at radius 1 is 1.12 bits per heavy atom. The van der Waals surface area contributed by atoms with Gasteiger partial charge in [0.1, 0.15) is 11.5 Å². The first-order chi connectivity index (χ1) is 12.5. The van der Waals surface area contributed by atoms with Crippen molar-refractivity contribution in [3.05, 3.63) is 92.7 Å². The summed E-state index contributed by atoms with van der Waals surface area (Å²) in [6.07, 6.45) is 2.33. The van der Waals surface area contributed by atoms with Crippen LogP contribution in [0.15, 0.2) is 64.6 Å². The lowest BCUT2D eigenvalue weighted by atomic mass is 10.1.